The van der Waals surface area contributed by atoms with Crippen molar-refractivity contribution in [3.8, 4) is 5.75 Å². The maximum absolute atomic E-state index is 5.96. The zero-order chi connectivity index (χ0) is 11.7. The Balaban J connectivity index is 2.65. The van der Waals surface area contributed by atoms with Crippen LogP contribution in [-0.4, -0.2) is 12.1 Å². The van der Waals surface area contributed by atoms with Gasteiger partial charge in [-0.25, -0.2) is 0 Å². The zero-order valence-corrected chi connectivity index (χ0v) is 9.82. The summed E-state index contributed by atoms with van der Waals surface area (Å²) in [5, 5.41) is 1.02. The first-order valence-corrected chi connectivity index (χ1v) is 5.36. The number of anilines is 1. The second-order valence-electron chi connectivity index (χ2n) is 4.18. The SMILES string of the molecule is COc1cc(N)c2nc(C(C)C)ccc2c1. The van der Waals surface area contributed by atoms with Gasteiger partial charge >= 0.3 is 0 Å². The molecule has 1 heterocycles. The monoisotopic (exact) mass is 216 g/mol. The molecule has 1 aromatic heterocycles. The van der Waals surface area contributed by atoms with Gasteiger partial charge in [0.25, 0.3) is 0 Å². The van der Waals surface area contributed by atoms with Crippen molar-refractivity contribution in [3.05, 3.63) is 30.0 Å². The van der Waals surface area contributed by atoms with Crippen molar-refractivity contribution in [2.75, 3.05) is 12.8 Å². The molecule has 1 aromatic carbocycles. The molecule has 16 heavy (non-hydrogen) atoms. The van der Waals surface area contributed by atoms with E-state index in [2.05, 4.69) is 18.8 Å². The van der Waals surface area contributed by atoms with Gasteiger partial charge in [0.05, 0.1) is 18.3 Å². The summed E-state index contributed by atoms with van der Waals surface area (Å²) in [6.07, 6.45) is 0. The van der Waals surface area contributed by atoms with Crippen molar-refractivity contribution < 1.29 is 4.74 Å². The van der Waals surface area contributed by atoms with Gasteiger partial charge in [0.1, 0.15) is 5.75 Å². The molecule has 0 spiro atoms. The number of pyridine rings is 1. The van der Waals surface area contributed by atoms with Crippen LogP contribution in [0.5, 0.6) is 5.75 Å². The number of nitrogen functional groups attached to an aromatic ring is 1. The standard InChI is InChI=1S/C13H16N2O/c1-8(2)12-5-4-9-6-10(16-3)7-11(14)13(9)15-12/h4-8H,14H2,1-3H3. The van der Waals surface area contributed by atoms with Gasteiger partial charge in [0, 0.05) is 17.1 Å². The molecule has 0 fully saturated rings. The maximum Gasteiger partial charge on any atom is 0.121 e. The van der Waals surface area contributed by atoms with Gasteiger partial charge in [-0.1, -0.05) is 19.9 Å². The van der Waals surface area contributed by atoms with E-state index in [0.717, 1.165) is 22.3 Å². The van der Waals surface area contributed by atoms with E-state index in [1.165, 1.54) is 0 Å². The van der Waals surface area contributed by atoms with Crippen molar-refractivity contribution in [1.29, 1.82) is 0 Å². The molecule has 0 unspecified atom stereocenters. The van der Waals surface area contributed by atoms with E-state index in [0.29, 0.717) is 11.6 Å². The van der Waals surface area contributed by atoms with Crippen LogP contribution >= 0.6 is 0 Å². The first kappa shape index (κ1) is 10.7. The summed E-state index contributed by atoms with van der Waals surface area (Å²) in [6, 6.07) is 7.82. The Morgan fingerprint density at radius 1 is 1.25 bits per heavy atom. The molecule has 2 rings (SSSR count). The highest BCUT2D eigenvalue weighted by molar-refractivity contribution is 5.90. The number of hydrogen-bond acceptors (Lipinski definition) is 3. The van der Waals surface area contributed by atoms with Gasteiger partial charge in [-0.15, -0.1) is 0 Å². The van der Waals surface area contributed by atoms with Crippen LogP contribution in [0.4, 0.5) is 5.69 Å². The van der Waals surface area contributed by atoms with Gasteiger partial charge in [-0.2, -0.15) is 0 Å². The fourth-order valence-corrected chi connectivity index (χ4v) is 1.69. The van der Waals surface area contributed by atoms with E-state index in [9.17, 15) is 0 Å². The molecule has 0 aliphatic rings. The third-order valence-corrected chi connectivity index (χ3v) is 2.64. The second-order valence-corrected chi connectivity index (χ2v) is 4.18. The number of methoxy groups -OCH3 is 1. The molecular formula is C13H16N2O. The molecule has 0 saturated carbocycles. The smallest absolute Gasteiger partial charge is 0.121 e. The van der Waals surface area contributed by atoms with Gasteiger partial charge < -0.3 is 10.5 Å². The normalized spacial score (nSPS) is 11.0. The third-order valence-electron chi connectivity index (χ3n) is 2.64. The first-order valence-electron chi connectivity index (χ1n) is 5.36. The summed E-state index contributed by atoms with van der Waals surface area (Å²) in [7, 11) is 1.64. The molecule has 0 bridgehead atoms. The zero-order valence-electron chi connectivity index (χ0n) is 9.82. The molecule has 2 aromatic rings. The summed E-state index contributed by atoms with van der Waals surface area (Å²) in [5.74, 6) is 1.18. The summed E-state index contributed by atoms with van der Waals surface area (Å²) >= 11 is 0. The minimum Gasteiger partial charge on any atom is -0.497 e. The predicted octanol–water partition coefficient (Wildman–Crippen LogP) is 2.95. The van der Waals surface area contributed by atoms with Gasteiger partial charge in [-0.3, -0.25) is 4.98 Å². The highest BCUT2D eigenvalue weighted by atomic mass is 16.5. The fraction of sp³-hybridized carbons (Fsp3) is 0.308. The molecule has 84 valence electrons. The molecule has 0 amide bonds. The lowest BCUT2D eigenvalue weighted by Crippen LogP contribution is -1.96. The Morgan fingerprint density at radius 3 is 2.62 bits per heavy atom. The van der Waals surface area contributed by atoms with Crippen LogP contribution in [0.1, 0.15) is 25.5 Å². The molecule has 0 saturated heterocycles. The summed E-state index contributed by atoms with van der Waals surface area (Å²) in [6.45, 7) is 4.24. The topological polar surface area (TPSA) is 48.1 Å². The van der Waals surface area contributed by atoms with Gasteiger partial charge in [0.2, 0.25) is 0 Å². The van der Waals surface area contributed by atoms with E-state index in [-0.39, 0.29) is 0 Å². The van der Waals surface area contributed by atoms with Crippen LogP contribution in [0.2, 0.25) is 0 Å². The number of ether oxygens (including phenoxy) is 1. The predicted molar refractivity (Wildman–Crippen MR) is 66.8 cm³/mol. The van der Waals surface area contributed by atoms with Crippen molar-refractivity contribution in [2.24, 2.45) is 0 Å². The lowest BCUT2D eigenvalue weighted by atomic mass is 10.1. The first-order chi connectivity index (χ1) is 7.61. The largest absolute Gasteiger partial charge is 0.497 e. The average Bonchev–Trinajstić information content (AvgIpc) is 2.28. The van der Waals surface area contributed by atoms with E-state index < -0.39 is 0 Å². The maximum atomic E-state index is 5.96. The number of fused-ring (bicyclic) bond motifs is 1. The van der Waals surface area contributed by atoms with Crippen LogP contribution in [0, 0.1) is 0 Å². The van der Waals surface area contributed by atoms with Crippen molar-refractivity contribution in [2.45, 2.75) is 19.8 Å². The van der Waals surface area contributed by atoms with E-state index in [1.807, 2.05) is 18.2 Å². The molecule has 3 nitrogen and oxygen atoms in total. The Labute approximate surface area is 95.2 Å². The number of aromatic nitrogens is 1. The lowest BCUT2D eigenvalue weighted by Gasteiger charge is -2.09. The Morgan fingerprint density at radius 2 is 2.00 bits per heavy atom. The molecule has 0 aliphatic heterocycles. The molecule has 2 N–H and O–H groups in total. The van der Waals surface area contributed by atoms with Crippen molar-refractivity contribution >= 4 is 16.6 Å². The Hall–Kier alpha value is -1.77. The van der Waals surface area contributed by atoms with Gasteiger partial charge in [0.15, 0.2) is 0 Å². The van der Waals surface area contributed by atoms with Crippen molar-refractivity contribution in [1.82, 2.24) is 4.98 Å². The van der Waals surface area contributed by atoms with Crippen LogP contribution < -0.4 is 10.5 Å². The summed E-state index contributed by atoms with van der Waals surface area (Å²) in [5.41, 5.74) is 8.54. The summed E-state index contributed by atoms with van der Waals surface area (Å²) < 4.78 is 5.17. The minimum atomic E-state index is 0.408. The Bertz CT molecular complexity index is 521. The quantitative estimate of drug-likeness (QED) is 0.785. The molecule has 0 aliphatic carbocycles. The number of nitrogens with two attached hydrogens (primary N) is 1. The highest BCUT2D eigenvalue weighted by Gasteiger charge is 2.06. The van der Waals surface area contributed by atoms with Crippen LogP contribution in [0.25, 0.3) is 10.9 Å². The van der Waals surface area contributed by atoms with Crippen molar-refractivity contribution in [3.63, 3.8) is 0 Å². The van der Waals surface area contributed by atoms with Crippen LogP contribution in [0.3, 0.4) is 0 Å². The van der Waals surface area contributed by atoms with E-state index >= 15 is 0 Å². The number of nitrogens with zero attached hydrogens (tertiary/aromatic N) is 1. The van der Waals surface area contributed by atoms with E-state index in [4.69, 9.17) is 10.5 Å². The summed E-state index contributed by atoms with van der Waals surface area (Å²) in [4.78, 5) is 4.57. The lowest BCUT2D eigenvalue weighted by molar-refractivity contribution is 0.415. The number of benzene rings is 1. The second kappa shape index (κ2) is 4.00. The van der Waals surface area contributed by atoms with E-state index in [1.54, 1.807) is 13.2 Å². The Kier molecular flexibility index (Phi) is 2.69. The fourth-order valence-electron chi connectivity index (χ4n) is 1.69. The highest BCUT2D eigenvalue weighted by Crippen LogP contribution is 2.27. The van der Waals surface area contributed by atoms with Gasteiger partial charge in [-0.05, 0) is 18.1 Å². The third kappa shape index (κ3) is 1.81. The molecule has 0 atom stereocenters. The molecule has 3 heteroatoms. The molecular weight excluding hydrogens is 200 g/mol. The number of hydrogen-bond donors (Lipinski definition) is 1. The number of rotatable bonds is 2. The van der Waals surface area contributed by atoms with Crippen LogP contribution in [-0.2, 0) is 0 Å². The minimum absolute atomic E-state index is 0.408. The molecule has 0 radical (unpaired) electrons. The average molecular weight is 216 g/mol. The van der Waals surface area contributed by atoms with Crippen LogP contribution in [0.15, 0.2) is 24.3 Å².